The molecule has 0 radical (unpaired) electrons. The van der Waals surface area contributed by atoms with Gasteiger partial charge in [-0.25, -0.2) is 0 Å². The highest BCUT2D eigenvalue weighted by Gasteiger charge is 2.11. The van der Waals surface area contributed by atoms with Crippen LogP contribution in [0.4, 0.5) is 5.69 Å². The molecular formula is C18H18N4O4S. The van der Waals surface area contributed by atoms with E-state index < -0.39 is 0 Å². The molecule has 0 fully saturated rings. The van der Waals surface area contributed by atoms with E-state index in [0.717, 1.165) is 4.88 Å². The van der Waals surface area contributed by atoms with Gasteiger partial charge >= 0.3 is 0 Å². The van der Waals surface area contributed by atoms with Gasteiger partial charge in [0.2, 0.25) is 5.91 Å². The number of aromatic amines is 1. The van der Waals surface area contributed by atoms with Crippen LogP contribution in [0.1, 0.15) is 12.1 Å². The Bertz CT molecular complexity index is 985. The van der Waals surface area contributed by atoms with Crippen LogP contribution in [0.5, 0.6) is 11.5 Å². The number of rotatable bonds is 7. The number of anilines is 1. The number of aryl methyl sites for hydroxylation is 1. The van der Waals surface area contributed by atoms with Crippen molar-refractivity contribution in [2.24, 2.45) is 0 Å². The summed E-state index contributed by atoms with van der Waals surface area (Å²) in [6.07, 6.45) is 0.288. The van der Waals surface area contributed by atoms with E-state index in [4.69, 9.17) is 9.47 Å². The van der Waals surface area contributed by atoms with Crippen LogP contribution >= 0.6 is 11.3 Å². The Morgan fingerprint density at radius 1 is 1.19 bits per heavy atom. The molecular weight excluding hydrogens is 368 g/mol. The van der Waals surface area contributed by atoms with Gasteiger partial charge in [0.25, 0.3) is 5.56 Å². The van der Waals surface area contributed by atoms with E-state index in [2.05, 4.69) is 20.5 Å². The number of benzene rings is 1. The second kappa shape index (κ2) is 8.45. The summed E-state index contributed by atoms with van der Waals surface area (Å²) >= 11 is 1.46. The number of nitrogens with zero attached hydrogens (tertiary/aromatic N) is 2. The molecule has 9 heteroatoms. The molecule has 0 saturated carbocycles. The molecule has 1 aromatic carbocycles. The molecule has 0 spiro atoms. The van der Waals surface area contributed by atoms with Crippen LogP contribution in [-0.4, -0.2) is 35.3 Å². The predicted octanol–water partition coefficient (Wildman–Crippen LogP) is 2.48. The molecule has 3 rings (SSSR count). The number of thiophene rings is 1. The summed E-state index contributed by atoms with van der Waals surface area (Å²) in [5.74, 6) is 1.27. The number of H-pyrrole nitrogens is 1. The highest BCUT2D eigenvalue weighted by atomic mass is 32.1. The van der Waals surface area contributed by atoms with E-state index in [-0.39, 0.29) is 30.0 Å². The van der Waals surface area contributed by atoms with Crippen LogP contribution in [0.2, 0.25) is 0 Å². The second-order valence-electron chi connectivity index (χ2n) is 5.54. The molecule has 0 aliphatic heterocycles. The Kier molecular flexibility index (Phi) is 5.82. The first-order valence-corrected chi connectivity index (χ1v) is 9.00. The summed E-state index contributed by atoms with van der Waals surface area (Å²) in [6.45, 7) is 0. The minimum atomic E-state index is -0.340. The van der Waals surface area contributed by atoms with E-state index in [9.17, 15) is 9.59 Å². The smallest absolute Gasteiger partial charge is 0.273 e. The van der Waals surface area contributed by atoms with E-state index >= 15 is 0 Å². The average molecular weight is 386 g/mol. The molecule has 0 unspecified atom stereocenters. The number of ether oxygens (including phenoxy) is 2. The third-order valence-electron chi connectivity index (χ3n) is 3.78. The van der Waals surface area contributed by atoms with E-state index in [1.807, 2.05) is 17.5 Å². The average Bonchev–Trinajstić information content (AvgIpc) is 3.21. The molecule has 0 atom stereocenters. The molecule has 8 nitrogen and oxygen atoms in total. The molecule has 1 amide bonds. The fourth-order valence-corrected chi connectivity index (χ4v) is 3.08. The SMILES string of the molecule is COc1ccc(NC(=O)CCc2nnc(-c3cccs3)[nH]c2=O)cc1OC. The van der Waals surface area contributed by atoms with E-state index in [1.165, 1.54) is 18.4 Å². The normalized spacial score (nSPS) is 10.4. The van der Waals surface area contributed by atoms with Crippen molar-refractivity contribution in [3.8, 4) is 22.2 Å². The lowest BCUT2D eigenvalue weighted by Crippen LogP contribution is -2.20. The number of nitrogens with one attached hydrogen (secondary N) is 2. The monoisotopic (exact) mass is 386 g/mol. The molecule has 140 valence electrons. The standard InChI is InChI=1S/C18H18N4O4S/c1-25-13-7-5-11(10-14(13)26-2)19-16(23)8-6-12-18(24)20-17(22-21-12)15-4-3-9-27-15/h3-5,7,9-10H,6,8H2,1-2H3,(H,19,23)(H,20,22,24). The number of methoxy groups -OCH3 is 2. The zero-order valence-corrected chi connectivity index (χ0v) is 15.6. The summed E-state index contributed by atoms with van der Waals surface area (Å²) in [5.41, 5.74) is 0.454. The summed E-state index contributed by atoms with van der Waals surface area (Å²) in [7, 11) is 3.06. The van der Waals surface area contributed by atoms with Crippen molar-refractivity contribution in [3.63, 3.8) is 0 Å². The second-order valence-corrected chi connectivity index (χ2v) is 6.49. The van der Waals surface area contributed by atoms with Crippen molar-refractivity contribution in [3.05, 3.63) is 51.8 Å². The lowest BCUT2D eigenvalue weighted by atomic mass is 10.2. The first kappa shape index (κ1) is 18.6. The Hall–Kier alpha value is -3.20. The van der Waals surface area contributed by atoms with Crippen molar-refractivity contribution < 1.29 is 14.3 Å². The maximum atomic E-state index is 12.2. The number of hydrogen-bond donors (Lipinski definition) is 2. The Labute approximate surface area is 159 Å². The van der Waals surface area contributed by atoms with Crippen LogP contribution < -0.4 is 20.3 Å². The molecule has 2 heterocycles. The minimum Gasteiger partial charge on any atom is -0.493 e. The highest BCUT2D eigenvalue weighted by molar-refractivity contribution is 7.13. The minimum absolute atomic E-state index is 0.102. The van der Waals surface area contributed by atoms with Crippen LogP contribution in [-0.2, 0) is 11.2 Å². The summed E-state index contributed by atoms with van der Waals surface area (Å²) in [5, 5.41) is 12.6. The zero-order valence-electron chi connectivity index (χ0n) is 14.8. The zero-order chi connectivity index (χ0) is 19.2. The van der Waals surface area contributed by atoms with Crippen molar-refractivity contribution in [2.75, 3.05) is 19.5 Å². The van der Waals surface area contributed by atoms with Crippen LogP contribution in [0.3, 0.4) is 0 Å². The Balaban J connectivity index is 1.62. The first-order chi connectivity index (χ1) is 13.1. The molecule has 0 bridgehead atoms. The van der Waals surface area contributed by atoms with E-state index in [0.29, 0.717) is 23.0 Å². The lowest BCUT2D eigenvalue weighted by molar-refractivity contribution is -0.116. The number of hydrogen-bond acceptors (Lipinski definition) is 7. The molecule has 3 aromatic rings. The van der Waals surface area contributed by atoms with Gasteiger partial charge < -0.3 is 19.8 Å². The molecule has 0 aliphatic rings. The number of carbonyl (C=O) groups excluding carboxylic acids is 1. The van der Waals surface area contributed by atoms with Gasteiger partial charge in [-0.15, -0.1) is 21.5 Å². The Morgan fingerprint density at radius 2 is 2.00 bits per heavy atom. The molecule has 2 N–H and O–H groups in total. The van der Waals surface area contributed by atoms with Gasteiger partial charge in [0, 0.05) is 24.6 Å². The summed E-state index contributed by atoms with van der Waals surface area (Å²) < 4.78 is 10.4. The molecule has 0 saturated heterocycles. The summed E-state index contributed by atoms with van der Waals surface area (Å²) in [4.78, 5) is 27.8. The van der Waals surface area contributed by atoms with Gasteiger partial charge in [-0.05, 0) is 23.6 Å². The number of aromatic nitrogens is 3. The number of amides is 1. The van der Waals surface area contributed by atoms with Crippen LogP contribution in [0, 0.1) is 0 Å². The third-order valence-corrected chi connectivity index (χ3v) is 4.65. The van der Waals surface area contributed by atoms with Gasteiger partial charge in [-0.2, -0.15) is 0 Å². The number of carbonyl (C=O) groups is 1. The highest BCUT2D eigenvalue weighted by Crippen LogP contribution is 2.29. The maximum Gasteiger partial charge on any atom is 0.273 e. The molecule has 2 aromatic heterocycles. The third kappa shape index (κ3) is 4.50. The van der Waals surface area contributed by atoms with Crippen molar-refractivity contribution >= 4 is 22.9 Å². The van der Waals surface area contributed by atoms with Crippen molar-refractivity contribution in [1.82, 2.24) is 15.2 Å². The van der Waals surface area contributed by atoms with Crippen molar-refractivity contribution in [1.29, 1.82) is 0 Å². The van der Waals surface area contributed by atoms with Gasteiger partial charge in [-0.3, -0.25) is 9.59 Å². The van der Waals surface area contributed by atoms with Crippen LogP contribution in [0.25, 0.3) is 10.7 Å². The van der Waals surface area contributed by atoms with Gasteiger partial charge in [0.15, 0.2) is 17.3 Å². The summed E-state index contributed by atoms with van der Waals surface area (Å²) in [6, 6.07) is 8.79. The van der Waals surface area contributed by atoms with E-state index in [1.54, 1.807) is 25.3 Å². The fraction of sp³-hybridized carbons (Fsp3) is 0.222. The van der Waals surface area contributed by atoms with Gasteiger partial charge in [0.05, 0.1) is 19.1 Å². The molecule has 0 aliphatic carbocycles. The molecule has 27 heavy (non-hydrogen) atoms. The fourth-order valence-electron chi connectivity index (χ4n) is 2.42. The quantitative estimate of drug-likeness (QED) is 0.646. The Morgan fingerprint density at radius 3 is 2.67 bits per heavy atom. The van der Waals surface area contributed by atoms with Gasteiger partial charge in [0.1, 0.15) is 5.69 Å². The predicted molar refractivity (Wildman–Crippen MR) is 102 cm³/mol. The van der Waals surface area contributed by atoms with Gasteiger partial charge in [-0.1, -0.05) is 6.07 Å². The van der Waals surface area contributed by atoms with Crippen molar-refractivity contribution in [2.45, 2.75) is 12.8 Å². The first-order valence-electron chi connectivity index (χ1n) is 8.12. The largest absolute Gasteiger partial charge is 0.493 e. The topological polar surface area (TPSA) is 106 Å². The lowest BCUT2D eigenvalue weighted by Gasteiger charge is -2.10. The maximum absolute atomic E-state index is 12.2. The van der Waals surface area contributed by atoms with Crippen LogP contribution in [0.15, 0.2) is 40.5 Å².